The summed E-state index contributed by atoms with van der Waals surface area (Å²) in [7, 11) is 0. The molecule has 1 N–H and O–H groups in total. The zero-order valence-corrected chi connectivity index (χ0v) is 14.2. The van der Waals surface area contributed by atoms with Gasteiger partial charge in [0.15, 0.2) is 0 Å². The smallest absolute Gasteiger partial charge is 0.0944 e. The number of aryl methyl sites for hydroxylation is 1. The van der Waals surface area contributed by atoms with Gasteiger partial charge < -0.3 is 10.2 Å². The Morgan fingerprint density at radius 3 is 2.70 bits per heavy atom. The molecule has 0 spiro atoms. The Labute approximate surface area is 127 Å². The lowest BCUT2D eigenvalue weighted by atomic mass is 9.99. The molecule has 20 heavy (non-hydrogen) atoms. The molecular weight excluding hydrogens is 266 g/mol. The van der Waals surface area contributed by atoms with Crippen molar-refractivity contribution in [3.8, 4) is 0 Å². The van der Waals surface area contributed by atoms with Gasteiger partial charge in [-0.15, -0.1) is 11.3 Å². The van der Waals surface area contributed by atoms with Crippen LogP contribution in [0.5, 0.6) is 0 Å². The molecule has 1 fully saturated rings. The second-order valence-electron chi connectivity index (χ2n) is 6.43. The maximum Gasteiger partial charge on any atom is 0.0944 e. The third-order valence-electron chi connectivity index (χ3n) is 4.13. The standard InChI is InChI=1S/C16H29N3S/c1-12(2)17-11-15-14(4)18-16(20-15)7-10-19-8-5-13(3)6-9-19/h12-13,17H,5-11H2,1-4H3. The van der Waals surface area contributed by atoms with E-state index in [-0.39, 0.29) is 0 Å². The molecule has 0 amide bonds. The Balaban J connectivity index is 1.79. The second-order valence-corrected chi connectivity index (χ2v) is 7.59. The van der Waals surface area contributed by atoms with Gasteiger partial charge in [0.1, 0.15) is 0 Å². The molecule has 2 heterocycles. The SMILES string of the molecule is Cc1nc(CCN2CCC(C)CC2)sc1CNC(C)C. The molecule has 1 aromatic heterocycles. The number of aromatic nitrogens is 1. The van der Waals surface area contributed by atoms with Gasteiger partial charge >= 0.3 is 0 Å². The number of nitrogens with zero attached hydrogens (tertiary/aromatic N) is 2. The number of hydrogen-bond donors (Lipinski definition) is 1. The first-order valence-corrected chi connectivity index (χ1v) is 8.77. The molecule has 0 atom stereocenters. The number of likely N-dealkylation sites (tertiary alicyclic amines) is 1. The molecule has 0 aliphatic carbocycles. The van der Waals surface area contributed by atoms with Crippen molar-refractivity contribution in [1.29, 1.82) is 0 Å². The van der Waals surface area contributed by atoms with Crippen LogP contribution < -0.4 is 5.32 Å². The largest absolute Gasteiger partial charge is 0.310 e. The van der Waals surface area contributed by atoms with Crippen LogP contribution in [0, 0.1) is 12.8 Å². The van der Waals surface area contributed by atoms with Crippen molar-refractivity contribution in [2.75, 3.05) is 19.6 Å². The molecule has 4 heteroatoms. The van der Waals surface area contributed by atoms with E-state index in [1.54, 1.807) is 0 Å². The van der Waals surface area contributed by atoms with Crippen LogP contribution in [0.4, 0.5) is 0 Å². The Bertz CT molecular complexity index is 406. The van der Waals surface area contributed by atoms with Crippen molar-refractivity contribution in [2.45, 2.75) is 59.5 Å². The summed E-state index contributed by atoms with van der Waals surface area (Å²) in [6.45, 7) is 13.6. The van der Waals surface area contributed by atoms with E-state index in [1.807, 2.05) is 11.3 Å². The molecule has 1 aliphatic rings. The Kier molecular flexibility index (Phi) is 6.00. The Hall–Kier alpha value is -0.450. The summed E-state index contributed by atoms with van der Waals surface area (Å²) in [4.78, 5) is 8.74. The van der Waals surface area contributed by atoms with Crippen LogP contribution in [0.3, 0.4) is 0 Å². The second kappa shape index (κ2) is 7.53. The summed E-state index contributed by atoms with van der Waals surface area (Å²) in [6, 6.07) is 0.537. The summed E-state index contributed by atoms with van der Waals surface area (Å²) < 4.78 is 0. The topological polar surface area (TPSA) is 28.2 Å². The van der Waals surface area contributed by atoms with Crippen molar-refractivity contribution in [2.24, 2.45) is 5.92 Å². The number of piperidine rings is 1. The lowest BCUT2D eigenvalue weighted by Crippen LogP contribution is -2.34. The first kappa shape index (κ1) is 15.9. The van der Waals surface area contributed by atoms with E-state index in [0.29, 0.717) is 6.04 Å². The molecule has 0 unspecified atom stereocenters. The highest BCUT2D eigenvalue weighted by molar-refractivity contribution is 7.11. The molecule has 0 aromatic carbocycles. The summed E-state index contributed by atoms with van der Waals surface area (Å²) in [5.74, 6) is 0.919. The minimum Gasteiger partial charge on any atom is -0.310 e. The van der Waals surface area contributed by atoms with Gasteiger partial charge in [-0.2, -0.15) is 0 Å². The van der Waals surface area contributed by atoms with Gasteiger partial charge in [0.2, 0.25) is 0 Å². The number of thiazole rings is 1. The highest BCUT2D eigenvalue weighted by atomic mass is 32.1. The summed E-state index contributed by atoms with van der Waals surface area (Å²) in [6.07, 6.45) is 3.84. The number of hydrogen-bond acceptors (Lipinski definition) is 4. The van der Waals surface area contributed by atoms with E-state index in [4.69, 9.17) is 4.98 Å². The predicted octanol–water partition coefficient (Wildman–Crippen LogP) is 3.22. The number of nitrogens with one attached hydrogen (secondary N) is 1. The zero-order valence-electron chi connectivity index (χ0n) is 13.4. The first-order valence-electron chi connectivity index (χ1n) is 7.95. The van der Waals surface area contributed by atoms with Crippen molar-refractivity contribution >= 4 is 11.3 Å². The predicted molar refractivity (Wildman–Crippen MR) is 87.4 cm³/mol. The summed E-state index contributed by atoms with van der Waals surface area (Å²) in [5.41, 5.74) is 1.21. The van der Waals surface area contributed by atoms with Gasteiger partial charge in [0.05, 0.1) is 10.7 Å². The van der Waals surface area contributed by atoms with E-state index in [1.165, 1.54) is 48.1 Å². The third-order valence-corrected chi connectivity index (χ3v) is 5.34. The average Bonchev–Trinajstić information content (AvgIpc) is 2.76. The number of rotatable bonds is 6. The van der Waals surface area contributed by atoms with Gasteiger partial charge in [-0.3, -0.25) is 0 Å². The minimum atomic E-state index is 0.537. The monoisotopic (exact) mass is 295 g/mol. The Morgan fingerprint density at radius 2 is 2.05 bits per heavy atom. The molecule has 0 saturated carbocycles. The van der Waals surface area contributed by atoms with Crippen LogP contribution in [0.15, 0.2) is 0 Å². The van der Waals surface area contributed by atoms with E-state index in [9.17, 15) is 0 Å². The summed E-state index contributed by atoms with van der Waals surface area (Å²) in [5, 5.41) is 4.79. The fraction of sp³-hybridized carbons (Fsp3) is 0.812. The van der Waals surface area contributed by atoms with E-state index in [2.05, 4.69) is 37.9 Å². The van der Waals surface area contributed by atoms with E-state index in [0.717, 1.165) is 18.9 Å². The molecule has 2 rings (SSSR count). The molecule has 0 radical (unpaired) electrons. The zero-order chi connectivity index (χ0) is 14.5. The molecule has 3 nitrogen and oxygen atoms in total. The minimum absolute atomic E-state index is 0.537. The molecule has 1 saturated heterocycles. The van der Waals surface area contributed by atoms with Gasteiger partial charge in [0, 0.05) is 30.4 Å². The van der Waals surface area contributed by atoms with Crippen LogP contribution in [-0.2, 0) is 13.0 Å². The van der Waals surface area contributed by atoms with Gasteiger partial charge in [-0.1, -0.05) is 20.8 Å². The highest BCUT2D eigenvalue weighted by Crippen LogP contribution is 2.20. The van der Waals surface area contributed by atoms with E-state index < -0.39 is 0 Å². The van der Waals surface area contributed by atoms with Crippen LogP contribution in [-0.4, -0.2) is 35.6 Å². The Morgan fingerprint density at radius 1 is 1.35 bits per heavy atom. The van der Waals surface area contributed by atoms with Crippen LogP contribution in [0.2, 0.25) is 0 Å². The van der Waals surface area contributed by atoms with E-state index >= 15 is 0 Å². The molecule has 1 aliphatic heterocycles. The van der Waals surface area contributed by atoms with Crippen molar-refractivity contribution in [3.63, 3.8) is 0 Å². The lowest BCUT2D eigenvalue weighted by Gasteiger charge is -2.29. The molecule has 0 bridgehead atoms. The van der Waals surface area contributed by atoms with Crippen LogP contribution >= 0.6 is 11.3 Å². The fourth-order valence-electron chi connectivity index (χ4n) is 2.60. The van der Waals surface area contributed by atoms with Crippen LogP contribution in [0.1, 0.15) is 49.2 Å². The highest BCUT2D eigenvalue weighted by Gasteiger charge is 2.16. The lowest BCUT2D eigenvalue weighted by molar-refractivity contribution is 0.194. The molecular formula is C16H29N3S. The average molecular weight is 295 g/mol. The van der Waals surface area contributed by atoms with Crippen molar-refractivity contribution < 1.29 is 0 Å². The first-order chi connectivity index (χ1) is 9.54. The van der Waals surface area contributed by atoms with Crippen LogP contribution in [0.25, 0.3) is 0 Å². The maximum absolute atomic E-state index is 4.74. The quantitative estimate of drug-likeness (QED) is 0.873. The summed E-state index contributed by atoms with van der Waals surface area (Å²) >= 11 is 1.89. The van der Waals surface area contributed by atoms with Crippen molar-refractivity contribution in [1.82, 2.24) is 15.2 Å². The third kappa shape index (κ3) is 4.83. The van der Waals surface area contributed by atoms with Gasteiger partial charge in [0.25, 0.3) is 0 Å². The van der Waals surface area contributed by atoms with Crippen molar-refractivity contribution in [3.05, 3.63) is 15.6 Å². The normalized spacial score (nSPS) is 18.1. The van der Waals surface area contributed by atoms with Gasteiger partial charge in [-0.05, 0) is 38.8 Å². The molecule has 1 aromatic rings. The fourth-order valence-corrected chi connectivity index (χ4v) is 3.60. The van der Waals surface area contributed by atoms with Gasteiger partial charge in [-0.25, -0.2) is 4.98 Å². The maximum atomic E-state index is 4.74. The molecule has 114 valence electrons.